The molecule has 1 heterocycles. The molecule has 4 nitrogen and oxygen atoms in total. The number of nitrogens with zero attached hydrogens (tertiary/aromatic N) is 1. The lowest BCUT2D eigenvalue weighted by molar-refractivity contribution is -0.121. The van der Waals surface area contributed by atoms with Crippen LogP contribution in [0.25, 0.3) is 11.0 Å². The molecule has 0 aliphatic heterocycles. The Labute approximate surface area is 160 Å². The molecule has 0 spiro atoms. The van der Waals surface area contributed by atoms with Crippen LogP contribution >= 0.6 is 15.9 Å². The molecule has 2 N–H and O–H groups in total. The highest BCUT2D eigenvalue weighted by molar-refractivity contribution is 9.10. The minimum atomic E-state index is -0.339. The largest absolute Gasteiger partial charge is 0.346 e. The van der Waals surface area contributed by atoms with E-state index in [1.807, 2.05) is 24.3 Å². The van der Waals surface area contributed by atoms with Crippen molar-refractivity contribution in [2.45, 2.75) is 32.7 Å². The third-order valence-electron chi connectivity index (χ3n) is 4.13. The van der Waals surface area contributed by atoms with E-state index in [1.165, 1.54) is 6.07 Å². The zero-order valence-electron chi connectivity index (χ0n) is 14.7. The molecule has 1 amide bonds. The number of benzene rings is 2. The van der Waals surface area contributed by atoms with Gasteiger partial charge in [-0.15, -0.1) is 0 Å². The Morgan fingerprint density at radius 2 is 2.04 bits per heavy atom. The van der Waals surface area contributed by atoms with E-state index in [9.17, 15) is 9.18 Å². The van der Waals surface area contributed by atoms with Crippen molar-refractivity contribution in [1.29, 1.82) is 0 Å². The number of H-pyrrole nitrogens is 1. The van der Waals surface area contributed by atoms with Gasteiger partial charge in [-0.25, -0.2) is 9.37 Å². The number of aromatic nitrogens is 2. The highest BCUT2D eigenvalue weighted by Gasteiger charge is 2.20. The topological polar surface area (TPSA) is 57.8 Å². The van der Waals surface area contributed by atoms with Gasteiger partial charge >= 0.3 is 0 Å². The van der Waals surface area contributed by atoms with Crippen LogP contribution in [0.15, 0.2) is 46.9 Å². The molecule has 0 radical (unpaired) electrons. The maximum absolute atomic E-state index is 13.4. The Kier molecular flexibility index (Phi) is 5.71. The average molecular weight is 418 g/mol. The monoisotopic (exact) mass is 417 g/mol. The number of para-hydroxylation sites is 2. The van der Waals surface area contributed by atoms with Crippen molar-refractivity contribution in [1.82, 2.24) is 15.3 Å². The van der Waals surface area contributed by atoms with E-state index in [0.717, 1.165) is 28.8 Å². The first-order valence-corrected chi connectivity index (χ1v) is 9.39. The summed E-state index contributed by atoms with van der Waals surface area (Å²) in [5.74, 6) is 0.700. The van der Waals surface area contributed by atoms with Crippen molar-refractivity contribution >= 4 is 32.9 Å². The smallest absolute Gasteiger partial charge is 0.225 e. The number of hydrogen-bond acceptors (Lipinski definition) is 2. The quantitative estimate of drug-likeness (QED) is 0.598. The molecule has 0 saturated heterocycles. The van der Waals surface area contributed by atoms with Crippen LogP contribution in [0.3, 0.4) is 0 Å². The van der Waals surface area contributed by atoms with Crippen LogP contribution in [0, 0.1) is 11.7 Å². The number of nitrogens with one attached hydrogen (secondary N) is 2. The zero-order valence-corrected chi connectivity index (χ0v) is 16.3. The highest BCUT2D eigenvalue weighted by atomic mass is 79.9. The summed E-state index contributed by atoms with van der Waals surface area (Å²) in [6.07, 6.45) is 0.965. The molecule has 0 aliphatic rings. The molecule has 0 aliphatic carbocycles. The summed E-state index contributed by atoms with van der Waals surface area (Å²) in [5, 5.41) is 3.07. The Hall–Kier alpha value is -2.21. The van der Waals surface area contributed by atoms with Crippen LogP contribution < -0.4 is 5.32 Å². The molecule has 1 aromatic heterocycles. The molecule has 0 fully saturated rings. The molecule has 2 aromatic carbocycles. The van der Waals surface area contributed by atoms with Gasteiger partial charge in [0.1, 0.15) is 11.6 Å². The lowest BCUT2D eigenvalue weighted by Crippen LogP contribution is -2.31. The minimum Gasteiger partial charge on any atom is -0.346 e. The molecule has 136 valence electrons. The molecule has 0 saturated carbocycles. The number of carbonyl (C=O) groups is 1. The van der Waals surface area contributed by atoms with Crippen molar-refractivity contribution in [2.75, 3.05) is 0 Å². The Morgan fingerprint density at radius 3 is 2.73 bits per heavy atom. The van der Waals surface area contributed by atoms with Gasteiger partial charge in [0.2, 0.25) is 5.91 Å². The average Bonchev–Trinajstić information content (AvgIpc) is 3.01. The van der Waals surface area contributed by atoms with Gasteiger partial charge in [0.25, 0.3) is 0 Å². The third-order valence-corrected chi connectivity index (χ3v) is 4.74. The van der Waals surface area contributed by atoms with Gasteiger partial charge in [0.15, 0.2) is 0 Å². The van der Waals surface area contributed by atoms with Crippen molar-refractivity contribution < 1.29 is 9.18 Å². The van der Waals surface area contributed by atoms with E-state index < -0.39 is 0 Å². The molecular formula is C20H21BrFN3O. The van der Waals surface area contributed by atoms with Gasteiger partial charge in [-0.1, -0.05) is 32.0 Å². The predicted molar refractivity (Wildman–Crippen MR) is 104 cm³/mol. The second-order valence-corrected chi connectivity index (χ2v) is 7.67. The van der Waals surface area contributed by atoms with Crippen molar-refractivity contribution in [3.63, 3.8) is 0 Å². The molecule has 26 heavy (non-hydrogen) atoms. The van der Waals surface area contributed by atoms with E-state index >= 15 is 0 Å². The van der Waals surface area contributed by atoms with Gasteiger partial charge in [0.05, 0.1) is 28.0 Å². The van der Waals surface area contributed by atoms with E-state index in [2.05, 4.69) is 45.1 Å². The van der Waals surface area contributed by atoms with Crippen LogP contribution in [0.4, 0.5) is 4.39 Å². The number of amides is 1. The standard InChI is InChI=1S/C20H21BrFN3O/c1-12(2)9-18(20-24-16-5-3-4-6-17(16)25-20)23-19(26)11-13-7-8-15(22)14(21)10-13/h3-8,10,12,18H,9,11H2,1-2H3,(H,23,26)(H,24,25). The van der Waals surface area contributed by atoms with Crippen LogP contribution in [-0.2, 0) is 11.2 Å². The minimum absolute atomic E-state index is 0.116. The number of halogens is 2. The summed E-state index contributed by atoms with van der Waals surface area (Å²) in [6, 6.07) is 12.2. The van der Waals surface area contributed by atoms with Gasteiger partial charge in [-0.05, 0) is 58.1 Å². The van der Waals surface area contributed by atoms with Crippen molar-refractivity contribution in [3.05, 3.63) is 64.1 Å². The molecular weight excluding hydrogens is 397 g/mol. The summed E-state index contributed by atoms with van der Waals surface area (Å²) in [5.41, 5.74) is 2.59. The first-order chi connectivity index (χ1) is 12.4. The van der Waals surface area contributed by atoms with Crippen molar-refractivity contribution in [3.8, 4) is 0 Å². The SMILES string of the molecule is CC(C)CC(NC(=O)Cc1ccc(F)c(Br)c1)c1nc2ccccc2[nH]1. The van der Waals surface area contributed by atoms with E-state index in [1.54, 1.807) is 12.1 Å². The van der Waals surface area contributed by atoms with Gasteiger partial charge < -0.3 is 10.3 Å². The molecule has 3 rings (SSSR count). The summed E-state index contributed by atoms with van der Waals surface area (Å²) >= 11 is 3.15. The van der Waals surface area contributed by atoms with Gasteiger partial charge in [-0.2, -0.15) is 0 Å². The Balaban J connectivity index is 1.77. The molecule has 1 atom stereocenters. The summed E-state index contributed by atoms with van der Waals surface area (Å²) in [4.78, 5) is 20.5. The summed E-state index contributed by atoms with van der Waals surface area (Å²) in [7, 11) is 0. The van der Waals surface area contributed by atoms with E-state index in [0.29, 0.717) is 10.4 Å². The van der Waals surface area contributed by atoms with Crippen LogP contribution in [0.1, 0.15) is 37.7 Å². The Bertz CT molecular complexity index is 889. The second kappa shape index (κ2) is 7.99. The Morgan fingerprint density at radius 1 is 1.27 bits per heavy atom. The number of carbonyl (C=O) groups excluding carboxylic acids is 1. The normalized spacial score (nSPS) is 12.5. The number of rotatable bonds is 6. The first kappa shape index (κ1) is 18.6. The predicted octanol–water partition coefficient (Wildman–Crippen LogP) is 4.91. The zero-order chi connectivity index (χ0) is 18.7. The van der Waals surface area contributed by atoms with Crippen LogP contribution in [-0.4, -0.2) is 15.9 Å². The second-order valence-electron chi connectivity index (χ2n) is 6.81. The van der Waals surface area contributed by atoms with Crippen LogP contribution in [0.2, 0.25) is 0 Å². The molecule has 3 aromatic rings. The van der Waals surface area contributed by atoms with E-state index in [4.69, 9.17) is 0 Å². The molecule has 0 bridgehead atoms. The molecule has 6 heteroatoms. The van der Waals surface area contributed by atoms with Crippen molar-refractivity contribution in [2.24, 2.45) is 5.92 Å². The number of hydrogen-bond donors (Lipinski definition) is 2. The first-order valence-electron chi connectivity index (χ1n) is 8.60. The third kappa shape index (κ3) is 4.49. The van der Waals surface area contributed by atoms with E-state index in [-0.39, 0.29) is 24.2 Å². The summed E-state index contributed by atoms with van der Waals surface area (Å²) in [6.45, 7) is 4.22. The number of imidazole rings is 1. The number of fused-ring (bicyclic) bond motifs is 1. The lowest BCUT2D eigenvalue weighted by atomic mass is 10.0. The lowest BCUT2D eigenvalue weighted by Gasteiger charge is -2.19. The highest BCUT2D eigenvalue weighted by Crippen LogP contribution is 2.22. The van der Waals surface area contributed by atoms with Gasteiger partial charge in [-0.3, -0.25) is 4.79 Å². The maximum atomic E-state index is 13.4. The van der Waals surface area contributed by atoms with Crippen LogP contribution in [0.5, 0.6) is 0 Å². The number of aromatic amines is 1. The molecule has 1 unspecified atom stereocenters. The van der Waals surface area contributed by atoms with Gasteiger partial charge in [0, 0.05) is 0 Å². The fourth-order valence-electron chi connectivity index (χ4n) is 2.93. The fraction of sp³-hybridized carbons (Fsp3) is 0.300. The fourth-order valence-corrected chi connectivity index (χ4v) is 3.35. The maximum Gasteiger partial charge on any atom is 0.225 e. The summed E-state index contributed by atoms with van der Waals surface area (Å²) < 4.78 is 13.7.